The number of carbonyl (C=O) groups is 1. The number of carbonyl (C=O) groups excluding carboxylic acids is 1. The summed E-state index contributed by atoms with van der Waals surface area (Å²) >= 11 is 5.93. The fourth-order valence-corrected chi connectivity index (χ4v) is 1.90. The van der Waals surface area contributed by atoms with Gasteiger partial charge in [-0.25, -0.2) is 4.68 Å². The Labute approximate surface area is 122 Å². The van der Waals surface area contributed by atoms with E-state index in [1.807, 2.05) is 19.1 Å². The van der Waals surface area contributed by atoms with Crippen molar-refractivity contribution in [3.63, 3.8) is 0 Å². The van der Waals surface area contributed by atoms with Crippen molar-refractivity contribution in [1.82, 2.24) is 15.1 Å². The van der Waals surface area contributed by atoms with Gasteiger partial charge in [-0.15, -0.1) is 0 Å². The van der Waals surface area contributed by atoms with E-state index in [-0.39, 0.29) is 11.9 Å². The van der Waals surface area contributed by atoms with E-state index in [0.717, 1.165) is 12.1 Å². The molecule has 3 N–H and O–H groups in total. The molecule has 1 amide bonds. The molecule has 0 spiro atoms. The molecule has 1 aromatic carbocycles. The van der Waals surface area contributed by atoms with Crippen molar-refractivity contribution in [1.29, 1.82) is 0 Å². The van der Waals surface area contributed by atoms with Gasteiger partial charge in [0.15, 0.2) is 0 Å². The van der Waals surface area contributed by atoms with Gasteiger partial charge >= 0.3 is 0 Å². The molecule has 0 radical (unpaired) electrons. The first-order chi connectivity index (χ1) is 9.56. The molecule has 6 heteroatoms. The molecule has 1 unspecified atom stereocenters. The van der Waals surface area contributed by atoms with Gasteiger partial charge in [0.2, 0.25) is 0 Å². The zero-order chi connectivity index (χ0) is 14.5. The van der Waals surface area contributed by atoms with Gasteiger partial charge in [-0.2, -0.15) is 5.10 Å². The number of amides is 1. The molecule has 106 valence electrons. The van der Waals surface area contributed by atoms with Crippen molar-refractivity contribution < 1.29 is 4.79 Å². The fourth-order valence-electron chi connectivity index (χ4n) is 1.72. The molecule has 0 aliphatic carbocycles. The Hall–Kier alpha value is -1.85. The van der Waals surface area contributed by atoms with Crippen molar-refractivity contribution >= 4 is 17.5 Å². The zero-order valence-corrected chi connectivity index (χ0v) is 12.0. The Morgan fingerprint density at radius 1 is 1.55 bits per heavy atom. The zero-order valence-electron chi connectivity index (χ0n) is 11.2. The van der Waals surface area contributed by atoms with E-state index in [2.05, 4.69) is 10.4 Å². The molecule has 0 saturated heterocycles. The van der Waals surface area contributed by atoms with Gasteiger partial charge < -0.3 is 11.1 Å². The summed E-state index contributed by atoms with van der Waals surface area (Å²) in [6.45, 7) is 2.46. The monoisotopic (exact) mass is 292 g/mol. The van der Waals surface area contributed by atoms with Crippen LogP contribution in [0.1, 0.15) is 23.7 Å². The number of aromatic nitrogens is 2. The Morgan fingerprint density at radius 2 is 2.35 bits per heavy atom. The number of nitrogens with one attached hydrogen (secondary N) is 1. The third-order valence-electron chi connectivity index (χ3n) is 2.80. The van der Waals surface area contributed by atoms with Gasteiger partial charge in [-0.1, -0.05) is 17.7 Å². The lowest BCUT2D eigenvalue weighted by atomic mass is 10.2. The Morgan fingerprint density at radius 3 is 3.05 bits per heavy atom. The standard InChI is InChI=1S/C14H17ClN4O/c1-10(16)5-6-17-14(20)11-8-18-19(9-11)13-4-2-3-12(15)7-13/h2-4,7-10H,5-6,16H2,1H3,(H,17,20). The van der Waals surface area contributed by atoms with Crippen LogP contribution in [0.15, 0.2) is 36.7 Å². The lowest BCUT2D eigenvalue weighted by molar-refractivity contribution is 0.0953. The molecule has 5 nitrogen and oxygen atoms in total. The van der Waals surface area contributed by atoms with E-state index < -0.39 is 0 Å². The topological polar surface area (TPSA) is 72.9 Å². The highest BCUT2D eigenvalue weighted by Crippen LogP contribution is 2.14. The first-order valence-electron chi connectivity index (χ1n) is 6.40. The highest BCUT2D eigenvalue weighted by molar-refractivity contribution is 6.30. The lowest BCUT2D eigenvalue weighted by Crippen LogP contribution is -2.28. The molecular weight excluding hydrogens is 276 g/mol. The predicted octanol–water partition coefficient (Wildman–Crippen LogP) is 1.99. The quantitative estimate of drug-likeness (QED) is 0.885. The maximum absolute atomic E-state index is 11.9. The summed E-state index contributed by atoms with van der Waals surface area (Å²) in [6.07, 6.45) is 3.95. The predicted molar refractivity (Wildman–Crippen MR) is 79.2 cm³/mol. The van der Waals surface area contributed by atoms with Crippen LogP contribution >= 0.6 is 11.6 Å². The van der Waals surface area contributed by atoms with Gasteiger partial charge in [0.1, 0.15) is 0 Å². The maximum Gasteiger partial charge on any atom is 0.254 e. The first kappa shape index (κ1) is 14.6. The van der Waals surface area contributed by atoms with E-state index in [4.69, 9.17) is 17.3 Å². The second kappa shape index (κ2) is 6.54. The molecule has 0 fully saturated rings. The van der Waals surface area contributed by atoms with Gasteiger partial charge in [0.25, 0.3) is 5.91 Å². The van der Waals surface area contributed by atoms with Crippen molar-refractivity contribution in [2.45, 2.75) is 19.4 Å². The Bertz CT molecular complexity index is 594. The second-order valence-electron chi connectivity index (χ2n) is 4.68. The van der Waals surface area contributed by atoms with E-state index in [9.17, 15) is 4.79 Å². The number of hydrogen-bond donors (Lipinski definition) is 2. The van der Waals surface area contributed by atoms with E-state index in [1.54, 1.807) is 23.0 Å². The van der Waals surface area contributed by atoms with E-state index >= 15 is 0 Å². The van der Waals surface area contributed by atoms with E-state index in [0.29, 0.717) is 17.1 Å². The number of benzene rings is 1. The van der Waals surface area contributed by atoms with Crippen LogP contribution in [0.3, 0.4) is 0 Å². The number of nitrogens with two attached hydrogens (primary N) is 1. The largest absolute Gasteiger partial charge is 0.352 e. The molecule has 0 bridgehead atoms. The number of nitrogens with zero attached hydrogens (tertiary/aromatic N) is 2. The van der Waals surface area contributed by atoms with Gasteiger partial charge in [-0.3, -0.25) is 4.79 Å². The number of halogens is 1. The third kappa shape index (κ3) is 3.82. The summed E-state index contributed by atoms with van der Waals surface area (Å²) in [6, 6.07) is 7.35. The summed E-state index contributed by atoms with van der Waals surface area (Å²) in [5, 5.41) is 7.60. The molecular formula is C14H17ClN4O. The lowest BCUT2D eigenvalue weighted by Gasteiger charge is -2.05. The van der Waals surface area contributed by atoms with Crippen LogP contribution in [0.4, 0.5) is 0 Å². The van der Waals surface area contributed by atoms with Crippen LogP contribution < -0.4 is 11.1 Å². The number of hydrogen-bond acceptors (Lipinski definition) is 3. The second-order valence-corrected chi connectivity index (χ2v) is 5.11. The average molecular weight is 293 g/mol. The molecule has 2 aromatic rings. The summed E-state index contributed by atoms with van der Waals surface area (Å²) in [5.41, 5.74) is 6.95. The van der Waals surface area contributed by atoms with Crippen molar-refractivity contribution in [2.75, 3.05) is 6.54 Å². The van der Waals surface area contributed by atoms with Crippen LogP contribution in [0, 0.1) is 0 Å². The van der Waals surface area contributed by atoms with Crippen LogP contribution in [-0.4, -0.2) is 28.3 Å². The summed E-state index contributed by atoms with van der Waals surface area (Å²) in [5.74, 6) is -0.154. The van der Waals surface area contributed by atoms with Crippen molar-refractivity contribution in [3.8, 4) is 5.69 Å². The maximum atomic E-state index is 11.9. The van der Waals surface area contributed by atoms with Crippen molar-refractivity contribution in [2.24, 2.45) is 5.73 Å². The Kier molecular flexibility index (Phi) is 4.76. The highest BCUT2D eigenvalue weighted by atomic mass is 35.5. The third-order valence-corrected chi connectivity index (χ3v) is 3.04. The van der Waals surface area contributed by atoms with Crippen LogP contribution in [0.5, 0.6) is 0 Å². The van der Waals surface area contributed by atoms with Crippen LogP contribution in [-0.2, 0) is 0 Å². The molecule has 0 aliphatic heterocycles. The summed E-state index contributed by atoms with van der Waals surface area (Å²) in [4.78, 5) is 11.9. The minimum atomic E-state index is -0.154. The molecule has 1 aromatic heterocycles. The first-order valence-corrected chi connectivity index (χ1v) is 6.78. The van der Waals surface area contributed by atoms with Gasteiger partial charge in [-0.05, 0) is 31.5 Å². The van der Waals surface area contributed by atoms with Crippen molar-refractivity contribution in [3.05, 3.63) is 47.2 Å². The molecule has 0 saturated carbocycles. The SMILES string of the molecule is CC(N)CCNC(=O)c1cnn(-c2cccc(Cl)c2)c1. The molecule has 1 atom stereocenters. The number of rotatable bonds is 5. The highest BCUT2D eigenvalue weighted by Gasteiger charge is 2.09. The average Bonchev–Trinajstić information content (AvgIpc) is 2.87. The molecule has 1 heterocycles. The van der Waals surface area contributed by atoms with Crippen LogP contribution in [0.2, 0.25) is 5.02 Å². The summed E-state index contributed by atoms with van der Waals surface area (Å²) < 4.78 is 1.62. The molecule has 20 heavy (non-hydrogen) atoms. The van der Waals surface area contributed by atoms with Gasteiger partial charge in [0.05, 0.1) is 17.4 Å². The fraction of sp³-hybridized carbons (Fsp3) is 0.286. The van der Waals surface area contributed by atoms with Gasteiger partial charge in [0, 0.05) is 23.8 Å². The minimum Gasteiger partial charge on any atom is -0.352 e. The van der Waals surface area contributed by atoms with Crippen LogP contribution in [0.25, 0.3) is 5.69 Å². The normalized spacial score (nSPS) is 12.2. The minimum absolute atomic E-state index is 0.0736. The summed E-state index contributed by atoms with van der Waals surface area (Å²) in [7, 11) is 0. The smallest absolute Gasteiger partial charge is 0.254 e. The molecule has 2 rings (SSSR count). The molecule has 0 aliphatic rings. The van der Waals surface area contributed by atoms with E-state index in [1.165, 1.54) is 6.20 Å². The Balaban J connectivity index is 2.03.